The lowest BCUT2D eigenvalue weighted by Crippen LogP contribution is -2.32. The topological polar surface area (TPSA) is 76.1 Å². The maximum Gasteiger partial charge on any atom is 0.242 e. The molecule has 0 bridgehead atoms. The molecule has 0 saturated heterocycles. The number of sulfone groups is 1. The van der Waals surface area contributed by atoms with Gasteiger partial charge in [-0.15, -0.1) is 11.3 Å². The average molecular weight is 455 g/mol. The molecule has 31 heavy (non-hydrogen) atoms. The van der Waals surface area contributed by atoms with Crippen molar-refractivity contribution in [2.24, 2.45) is 0 Å². The smallest absolute Gasteiger partial charge is 0.242 e. The number of halogens is 1. The van der Waals surface area contributed by atoms with Crippen molar-refractivity contribution in [3.63, 3.8) is 0 Å². The maximum atomic E-state index is 13.1. The highest BCUT2D eigenvalue weighted by Crippen LogP contribution is 2.31. The van der Waals surface area contributed by atoms with Crippen molar-refractivity contribution < 1.29 is 17.6 Å². The van der Waals surface area contributed by atoms with Crippen molar-refractivity contribution in [3.8, 4) is 10.6 Å². The summed E-state index contributed by atoms with van der Waals surface area (Å²) in [5.74, 6) is -1.20. The van der Waals surface area contributed by atoms with Crippen LogP contribution in [0.15, 0.2) is 71.6 Å². The number of hydrogen-bond donors (Lipinski definition) is 1. The second-order valence-corrected chi connectivity index (χ2v) is 10.5. The van der Waals surface area contributed by atoms with Crippen LogP contribution in [0.4, 0.5) is 10.1 Å². The van der Waals surface area contributed by atoms with Crippen LogP contribution >= 0.6 is 11.3 Å². The first-order valence-electron chi connectivity index (χ1n) is 9.52. The van der Waals surface area contributed by atoms with E-state index in [1.807, 2.05) is 31.2 Å². The first-order chi connectivity index (χ1) is 14.7. The van der Waals surface area contributed by atoms with Gasteiger partial charge in [-0.1, -0.05) is 6.07 Å². The van der Waals surface area contributed by atoms with Crippen LogP contribution in [0.5, 0.6) is 0 Å². The number of hydrogen-bond acceptors (Lipinski definition) is 5. The number of aryl methyl sites for hydroxylation is 1. The average Bonchev–Trinajstić information content (AvgIpc) is 3.17. The molecule has 0 spiro atoms. The Morgan fingerprint density at radius 3 is 2.39 bits per heavy atom. The molecule has 1 unspecified atom stereocenters. The highest BCUT2D eigenvalue weighted by atomic mass is 32.2. The molecule has 158 valence electrons. The molecule has 1 aromatic heterocycles. The van der Waals surface area contributed by atoms with Gasteiger partial charge >= 0.3 is 0 Å². The minimum Gasteiger partial charge on any atom is -0.325 e. The SMILES string of the molecule is Cc1ccc2nc(-c3ccc(NC(=O)C(C)S(=O)(=O)c4ccc(F)cc4)cc3)sc2c1. The molecule has 0 saturated carbocycles. The molecule has 8 heteroatoms. The number of anilines is 1. The van der Waals surface area contributed by atoms with Gasteiger partial charge < -0.3 is 5.32 Å². The Kier molecular flexibility index (Phi) is 5.60. The van der Waals surface area contributed by atoms with Gasteiger partial charge in [0.25, 0.3) is 0 Å². The Bertz CT molecular complexity index is 1360. The molecule has 0 radical (unpaired) electrons. The highest BCUT2D eigenvalue weighted by molar-refractivity contribution is 7.92. The van der Waals surface area contributed by atoms with E-state index in [0.29, 0.717) is 5.69 Å². The van der Waals surface area contributed by atoms with Gasteiger partial charge in [-0.3, -0.25) is 4.79 Å². The van der Waals surface area contributed by atoms with Crippen LogP contribution in [0, 0.1) is 12.7 Å². The summed E-state index contributed by atoms with van der Waals surface area (Å²) in [6.45, 7) is 3.35. The summed E-state index contributed by atoms with van der Waals surface area (Å²) < 4.78 is 39.4. The van der Waals surface area contributed by atoms with Crippen LogP contribution in [-0.2, 0) is 14.6 Å². The van der Waals surface area contributed by atoms with E-state index < -0.39 is 26.8 Å². The van der Waals surface area contributed by atoms with Crippen molar-refractivity contribution in [1.29, 1.82) is 0 Å². The van der Waals surface area contributed by atoms with E-state index in [0.717, 1.165) is 45.1 Å². The third kappa shape index (κ3) is 4.35. The Morgan fingerprint density at radius 2 is 1.71 bits per heavy atom. The van der Waals surface area contributed by atoms with E-state index >= 15 is 0 Å². The van der Waals surface area contributed by atoms with E-state index in [4.69, 9.17) is 0 Å². The second kappa shape index (κ2) is 8.20. The van der Waals surface area contributed by atoms with E-state index in [-0.39, 0.29) is 4.90 Å². The molecule has 1 atom stereocenters. The van der Waals surface area contributed by atoms with Gasteiger partial charge in [0.2, 0.25) is 5.91 Å². The summed E-state index contributed by atoms with van der Waals surface area (Å²) in [5, 5.41) is 2.17. The van der Waals surface area contributed by atoms with Crippen LogP contribution in [0.2, 0.25) is 0 Å². The minimum absolute atomic E-state index is 0.0991. The zero-order valence-corrected chi connectivity index (χ0v) is 18.4. The lowest BCUT2D eigenvalue weighted by atomic mass is 10.2. The first-order valence-corrected chi connectivity index (χ1v) is 11.9. The largest absolute Gasteiger partial charge is 0.325 e. The molecular weight excluding hydrogens is 435 g/mol. The fraction of sp³-hybridized carbons (Fsp3) is 0.130. The van der Waals surface area contributed by atoms with Crippen LogP contribution in [-0.4, -0.2) is 24.6 Å². The maximum absolute atomic E-state index is 13.1. The Balaban J connectivity index is 1.50. The lowest BCUT2D eigenvalue weighted by Gasteiger charge is -2.13. The zero-order chi connectivity index (χ0) is 22.2. The summed E-state index contributed by atoms with van der Waals surface area (Å²) in [5.41, 5.74) is 3.49. The summed E-state index contributed by atoms with van der Waals surface area (Å²) in [7, 11) is -3.93. The van der Waals surface area contributed by atoms with Crippen molar-refractivity contribution in [2.75, 3.05) is 5.32 Å². The van der Waals surface area contributed by atoms with E-state index in [2.05, 4.69) is 16.4 Å². The number of nitrogens with zero attached hydrogens (tertiary/aromatic N) is 1. The number of benzene rings is 3. The number of fused-ring (bicyclic) bond motifs is 1. The fourth-order valence-electron chi connectivity index (χ4n) is 3.06. The summed E-state index contributed by atoms with van der Waals surface area (Å²) in [4.78, 5) is 17.1. The standard InChI is InChI=1S/C23H19FN2O3S2/c1-14-3-12-20-21(13-14)30-23(26-20)16-4-8-18(9-5-16)25-22(27)15(2)31(28,29)19-10-6-17(24)7-11-19/h3-13,15H,1-2H3,(H,25,27). The van der Waals surface area contributed by atoms with Crippen molar-refractivity contribution in [1.82, 2.24) is 4.98 Å². The molecule has 3 aromatic carbocycles. The van der Waals surface area contributed by atoms with Crippen LogP contribution in [0.1, 0.15) is 12.5 Å². The molecule has 0 aliphatic carbocycles. The van der Waals surface area contributed by atoms with Crippen LogP contribution < -0.4 is 5.32 Å². The molecule has 0 fully saturated rings. The van der Waals surface area contributed by atoms with Gasteiger partial charge in [0, 0.05) is 11.3 Å². The van der Waals surface area contributed by atoms with Crippen molar-refractivity contribution in [2.45, 2.75) is 24.0 Å². The molecule has 1 N–H and O–H groups in total. The number of carbonyl (C=O) groups is 1. The zero-order valence-electron chi connectivity index (χ0n) is 16.8. The predicted molar refractivity (Wildman–Crippen MR) is 121 cm³/mol. The number of aromatic nitrogens is 1. The lowest BCUT2D eigenvalue weighted by molar-refractivity contribution is -0.115. The molecule has 4 aromatic rings. The second-order valence-electron chi connectivity index (χ2n) is 7.20. The van der Waals surface area contributed by atoms with E-state index in [1.54, 1.807) is 23.5 Å². The van der Waals surface area contributed by atoms with Crippen molar-refractivity contribution >= 4 is 43.0 Å². The van der Waals surface area contributed by atoms with Crippen molar-refractivity contribution in [3.05, 3.63) is 78.1 Å². The van der Waals surface area contributed by atoms with E-state index in [1.165, 1.54) is 12.5 Å². The number of thiazole rings is 1. The van der Waals surface area contributed by atoms with E-state index in [9.17, 15) is 17.6 Å². The molecule has 1 heterocycles. The first kappa shape index (κ1) is 21.1. The van der Waals surface area contributed by atoms with Gasteiger partial charge in [0.15, 0.2) is 9.84 Å². The van der Waals surface area contributed by atoms with Gasteiger partial charge in [-0.05, 0) is 80.1 Å². The van der Waals surface area contributed by atoms with Crippen LogP contribution in [0.3, 0.4) is 0 Å². The Hall–Kier alpha value is -3.10. The number of carbonyl (C=O) groups excluding carboxylic acids is 1. The predicted octanol–water partition coefficient (Wildman–Crippen LogP) is 5.21. The molecule has 1 amide bonds. The summed E-state index contributed by atoms with van der Waals surface area (Å²) in [6.07, 6.45) is 0. The van der Waals surface area contributed by atoms with Gasteiger partial charge in [0.1, 0.15) is 16.1 Å². The fourth-order valence-corrected chi connectivity index (χ4v) is 5.40. The third-order valence-corrected chi connectivity index (χ3v) is 8.06. The molecular formula is C23H19FN2O3S2. The van der Waals surface area contributed by atoms with Gasteiger partial charge in [0.05, 0.1) is 15.1 Å². The molecule has 4 rings (SSSR count). The minimum atomic E-state index is -3.93. The quantitative estimate of drug-likeness (QED) is 0.420. The molecule has 5 nitrogen and oxygen atoms in total. The normalized spacial score (nSPS) is 12.6. The number of nitrogens with one attached hydrogen (secondary N) is 1. The van der Waals surface area contributed by atoms with Gasteiger partial charge in [-0.25, -0.2) is 17.8 Å². The Labute approximate surface area is 183 Å². The summed E-state index contributed by atoms with van der Waals surface area (Å²) in [6, 6.07) is 17.6. The third-order valence-electron chi connectivity index (χ3n) is 4.92. The van der Waals surface area contributed by atoms with Crippen LogP contribution in [0.25, 0.3) is 20.8 Å². The number of amides is 1. The monoisotopic (exact) mass is 454 g/mol. The summed E-state index contributed by atoms with van der Waals surface area (Å²) >= 11 is 1.59. The number of rotatable bonds is 5. The highest BCUT2D eigenvalue weighted by Gasteiger charge is 2.29. The molecule has 0 aliphatic rings. The Morgan fingerprint density at radius 1 is 1.03 bits per heavy atom. The van der Waals surface area contributed by atoms with Gasteiger partial charge in [-0.2, -0.15) is 0 Å². The molecule has 0 aliphatic heterocycles.